The van der Waals surface area contributed by atoms with Crippen LogP contribution in [0.5, 0.6) is 5.75 Å². The fourth-order valence-corrected chi connectivity index (χ4v) is 4.92. The summed E-state index contributed by atoms with van der Waals surface area (Å²) in [5, 5.41) is 11.4. The van der Waals surface area contributed by atoms with Crippen LogP contribution in [0.3, 0.4) is 0 Å². The van der Waals surface area contributed by atoms with Crippen LogP contribution < -0.4 is 10.1 Å². The molecule has 1 N–H and O–H groups in total. The molecule has 6 nitrogen and oxygen atoms in total. The van der Waals surface area contributed by atoms with Gasteiger partial charge in [0.2, 0.25) is 0 Å². The summed E-state index contributed by atoms with van der Waals surface area (Å²) in [6, 6.07) is 9.86. The van der Waals surface area contributed by atoms with Crippen molar-refractivity contribution in [3.05, 3.63) is 41.7 Å². The monoisotopic (exact) mass is 482 g/mol. The van der Waals surface area contributed by atoms with Gasteiger partial charge < -0.3 is 15.0 Å². The molecule has 1 aliphatic carbocycles. The minimum absolute atomic E-state index is 0.00146. The van der Waals surface area contributed by atoms with Crippen LogP contribution in [-0.4, -0.2) is 59.5 Å². The molecule has 0 bridgehead atoms. The number of rotatable bonds is 9. The van der Waals surface area contributed by atoms with Gasteiger partial charge in [-0.25, -0.2) is 4.39 Å². The fraction of sp³-hybridized carbons (Fsp3) is 0.607. The van der Waals surface area contributed by atoms with Gasteiger partial charge >= 0.3 is 0 Å². The van der Waals surface area contributed by atoms with Gasteiger partial charge in [0.25, 0.3) is 5.91 Å². The van der Waals surface area contributed by atoms with Crippen molar-refractivity contribution in [2.75, 3.05) is 26.7 Å². The van der Waals surface area contributed by atoms with Crippen LogP contribution in [0.1, 0.15) is 80.9 Å². The summed E-state index contributed by atoms with van der Waals surface area (Å²) in [6.45, 7) is 3.54. The molecule has 1 aromatic carbocycles. The molecule has 0 unspecified atom stereocenters. The Bertz CT molecular complexity index is 967. The summed E-state index contributed by atoms with van der Waals surface area (Å²) < 4.78 is 21.3. The molecule has 190 valence electrons. The zero-order valence-corrected chi connectivity index (χ0v) is 21.2. The molecule has 1 saturated carbocycles. The molecule has 1 saturated heterocycles. The highest BCUT2D eigenvalue weighted by atomic mass is 19.1. The lowest BCUT2D eigenvalue weighted by molar-refractivity contribution is 0.0627. The largest absolute Gasteiger partial charge is 0.490 e. The highest BCUT2D eigenvalue weighted by Crippen LogP contribution is 2.29. The van der Waals surface area contributed by atoms with Crippen molar-refractivity contribution in [1.29, 1.82) is 0 Å². The van der Waals surface area contributed by atoms with Crippen LogP contribution in [0.4, 0.5) is 4.39 Å². The molecular formula is C28H39FN4O2. The number of benzene rings is 1. The Morgan fingerprint density at radius 1 is 1.14 bits per heavy atom. The van der Waals surface area contributed by atoms with E-state index in [-0.39, 0.29) is 18.1 Å². The van der Waals surface area contributed by atoms with Crippen molar-refractivity contribution in [2.24, 2.45) is 0 Å². The summed E-state index contributed by atoms with van der Waals surface area (Å²) in [4.78, 5) is 15.0. The maximum Gasteiger partial charge on any atom is 0.271 e. The first-order valence-electron chi connectivity index (χ1n) is 13.2. The zero-order valence-electron chi connectivity index (χ0n) is 21.2. The molecular weight excluding hydrogens is 443 g/mol. The van der Waals surface area contributed by atoms with Crippen LogP contribution >= 0.6 is 0 Å². The van der Waals surface area contributed by atoms with Crippen LogP contribution in [0.2, 0.25) is 0 Å². The average molecular weight is 483 g/mol. The number of amides is 1. The number of nitrogens with one attached hydrogen (secondary N) is 1. The van der Waals surface area contributed by atoms with E-state index in [9.17, 15) is 4.79 Å². The Kier molecular flexibility index (Phi) is 8.71. The van der Waals surface area contributed by atoms with Crippen molar-refractivity contribution in [1.82, 2.24) is 20.4 Å². The number of ether oxygens (including phenoxy) is 1. The number of carbonyl (C=O) groups is 1. The third-order valence-electron chi connectivity index (χ3n) is 7.34. The van der Waals surface area contributed by atoms with Crippen LogP contribution in [0, 0.1) is 0 Å². The standard InChI is InChI=1S/C28H39FN4O2/c1-3-4-10-25-24(21-11-13-23(14-12-21)35-22-8-6-5-7-9-22)19-26(32-31-25)27(34)30-20-28(29)15-17-33(2)18-16-28/h11-14,19,22H,3-10,15-18,20H2,1-2H3,(H,30,34). The number of hydrogen-bond acceptors (Lipinski definition) is 5. The quantitative estimate of drug-likeness (QED) is 0.521. The molecule has 1 amide bonds. The van der Waals surface area contributed by atoms with Gasteiger partial charge in [0.05, 0.1) is 18.3 Å². The minimum Gasteiger partial charge on any atom is -0.490 e. The lowest BCUT2D eigenvalue weighted by Crippen LogP contribution is -2.47. The number of hydrogen-bond donors (Lipinski definition) is 1. The number of alkyl halides is 1. The number of aryl methyl sites for hydroxylation is 1. The van der Waals surface area contributed by atoms with Crippen molar-refractivity contribution in [3.63, 3.8) is 0 Å². The fourth-order valence-electron chi connectivity index (χ4n) is 4.92. The van der Waals surface area contributed by atoms with Crippen LogP contribution in [0.15, 0.2) is 30.3 Å². The molecule has 1 aromatic heterocycles. The second-order valence-corrected chi connectivity index (χ2v) is 10.2. The maximum atomic E-state index is 15.1. The van der Waals surface area contributed by atoms with Crippen molar-refractivity contribution >= 4 is 5.91 Å². The summed E-state index contributed by atoms with van der Waals surface area (Å²) in [5.41, 5.74) is 1.61. The summed E-state index contributed by atoms with van der Waals surface area (Å²) in [5.74, 6) is 0.496. The van der Waals surface area contributed by atoms with Gasteiger partial charge in [0.1, 0.15) is 11.4 Å². The molecule has 0 radical (unpaired) electrons. The molecule has 2 heterocycles. The first kappa shape index (κ1) is 25.5. The second kappa shape index (κ2) is 11.9. The zero-order chi connectivity index (χ0) is 24.7. The van der Waals surface area contributed by atoms with E-state index in [1.165, 1.54) is 19.3 Å². The molecule has 0 spiro atoms. The number of unbranched alkanes of at least 4 members (excludes halogenated alkanes) is 1. The lowest BCUT2D eigenvalue weighted by Gasteiger charge is -2.34. The summed E-state index contributed by atoms with van der Waals surface area (Å²) in [6.07, 6.45) is 9.98. The molecule has 35 heavy (non-hydrogen) atoms. The van der Waals surface area contributed by atoms with E-state index in [1.54, 1.807) is 6.07 Å². The number of carbonyl (C=O) groups excluding carboxylic acids is 1. The number of piperidine rings is 1. The first-order valence-corrected chi connectivity index (χ1v) is 13.2. The van der Waals surface area contributed by atoms with Gasteiger partial charge in [-0.1, -0.05) is 31.9 Å². The third kappa shape index (κ3) is 7.00. The van der Waals surface area contributed by atoms with E-state index >= 15 is 4.39 Å². The lowest BCUT2D eigenvalue weighted by atomic mass is 9.93. The topological polar surface area (TPSA) is 67.4 Å². The Morgan fingerprint density at radius 2 is 1.86 bits per heavy atom. The maximum absolute atomic E-state index is 15.1. The van der Waals surface area contributed by atoms with Gasteiger partial charge in [0, 0.05) is 18.7 Å². The van der Waals surface area contributed by atoms with Gasteiger partial charge in [-0.05, 0) is 82.2 Å². The number of nitrogens with zero attached hydrogens (tertiary/aromatic N) is 3. The predicted octanol–water partition coefficient (Wildman–Crippen LogP) is 5.36. The van der Waals surface area contributed by atoms with Gasteiger partial charge in [-0.15, -0.1) is 5.10 Å². The van der Waals surface area contributed by atoms with Gasteiger partial charge in [-0.3, -0.25) is 4.79 Å². The Hall–Kier alpha value is -2.54. The third-order valence-corrected chi connectivity index (χ3v) is 7.34. The van der Waals surface area contributed by atoms with E-state index < -0.39 is 5.67 Å². The van der Waals surface area contributed by atoms with E-state index in [1.807, 2.05) is 31.3 Å². The molecule has 1 aliphatic heterocycles. The van der Waals surface area contributed by atoms with E-state index in [2.05, 4.69) is 27.3 Å². The van der Waals surface area contributed by atoms with Crippen molar-refractivity contribution in [3.8, 4) is 16.9 Å². The first-order chi connectivity index (χ1) is 17.0. The Labute approximate surface area is 208 Å². The van der Waals surface area contributed by atoms with E-state index in [4.69, 9.17) is 4.74 Å². The average Bonchev–Trinajstić information content (AvgIpc) is 2.89. The number of aromatic nitrogens is 2. The SMILES string of the molecule is CCCCc1nnc(C(=O)NCC2(F)CCN(C)CC2)cc1-c1ccc(OC2CCCCC2)cc1. The smallest absolute Gasteiger partial charge is 0.271 e. The van der Waals surface area contributed by atoms with Crippen LogP contribution in [-0.2, 0) is 6.42 Å². The molecule has 2 aromatic rings. The van der Waals surface area contributed by atoms with Gasteiger partial charge in [0.15, 0.2) is 5.69 Å². The summed E-state index contributed by atoms with van der Waals surface area (Å²) >= 11 is 0. The normalized spacial score (nSPS) is 18.8. The summed E-state index contributed by atoms with van der Waals surface area (Å²) in [7, 11) is 1.99. The van der Waals surface area contributed by atoms with E-state index in [0.717, 1.165) is 54.7 Å². The minimum atomic E-state index is -1.37. The highest BCUT2D eigenvalue weighted by molar-refractivity contribution is 5.93. The second-order valence-electron chi connectivity index (χ2n) is 10.2. The molecule has 4 rings (SSSR count). The van der Waals surface area contributed by atoms with Crippen molar-refractivity contribution in [2.45, 2.75) is 82.9 Å². The predicted molar refractivity (Wildman–Crippen MR) is 136 cm³/mol. The molecule has 0 atom stereocenters. The molecule has 2 fully saturated rings. The van der Waals surface area contributed by atoms with Gasteiger partial charge in [-0.2, -0.15) is 5.10 Å². The number of likely N-dealkylation sites (tertiary alicyclic amines) is 1. The Balaban J connectivity index is 1.47. The van der Waals surface area contributed by atoms with E-state index in [0.29, 0.717) is 32.0 Å². The molecule has 7 heteroatoms. The Morgan fingerprint density at radius 3 is 2.54 bits per heavy atom. The van der Waals surface area contributed by atoms with Crippen LogP contribution in [0.25, 0.3) is 11.1 Å². The van der Waals surface area contributed by atoms with Crippen molar-refractivity contribution < 1.29 is 13.9 Å². The molecule has 2 aliphatic rings. The highest BCUT2D eigenvalue weighted by Gasteiger charge is 2.34. The number of halogens is 1.